The standard InChI is InChI=1S/C39H50N2/c1-3-10-34-28-38(40)24-22-36(34)26-32-18-14-30(15-19-32)12-8-6-5-7-9-13-31-16-20-33(21-17-31)27-37-23-25-39(41)29-35(37)11-4-2/h14-25,28-29H,3-13,26-27,40-41H2,1-2H3. The first-order chi connectivity index (χ1) is 20.0. The van der Waals surface area contributed by atoms with E-state index >= 15 is 0 Å². The normalized spacial score (nSPS) is 11.2. The molecule has 2 nitrogen and oxygen atoms in total. The van der Waals surface area contributed by atoms with Gasteiger partial charge in [-0.3, -0.25) is 0 Å². The summed E-state index contributed by atoms with van der Waals surface area (Å²) >= 11 is 0. The van der Waals surface area contributed by atoms with Crippen molar-refractivity contribution in [3.05, 3.63) is 129 Å². The van der Waals surface area contributed by atoms with E-state index in [2.05, 4.69) is 86.6 Å². The number of unbranched alkanes of at least 4 members (excludes halogenated alkanes) is 4. The van der Waals surface area contributed by atoms with Gasteiger partial charge in [0.25, 0.3) is 0 Å². The second-order valence-corrected chi connectivity index (χ2v) is 11.8. The van der Waals surface area contributed by atoms with Crippen LogP contribution in [0.4, 0.5) is 11.4 Å². The van der Waals surface area contributed by atoms with E-state index in [1.165, 1.54) is 89.5 Å². The molecule has 0 radical (unpaired) electrons. The van der Waals surface area contributed by atoms with Gasteiger partial charge in [-0.1, -0.05) is 107 Å². The lowest BCUT2D eigenvalue weighted by atomic mass is 9.95. The van der Waals surface area contributed by atoms with Gasteiger partial charge >= 0.3 is 0 Å². The monoisotopic (exact) mass is 546 g/mol. The van der Waals surface area contributed by atoms with Gasteiger partial charge in [-0.05, 0) is 120 Å². The van der Waals surface area contributed by atoms with Crippen molar-refractivity contribution >= 4 is 11.4 Å². The van der Waals surface area contributed by atoms with Crippen LogP contribution in [-0.4, -0.2) is 0 Å². The summed E-state index contributed by atoms with van der Waals surface area (Å²) in [6, 6.07) is 31.3. The number of nitrogen functional groups attached to an aromatic ring is 2. The summed E-state index contributed by atoms with van der Waals surface area (Å²) in [5, 5.41) is 0. The van der Waals surface area contributed by atoms with Crippen LogP contribution in [0.25, 0.3) is 0 Å². The van der Waals surface area contributed by atoms with Gasteiger partial charge in [0.2, 0.25) is 0 Å². The van der Waals surface area contributed by atoms with Crippen molar-refractivity contribution in [1.82, 2.24) is 0 Å². The van der Waals surface area contributed by atoms with Crippen LogP contribution >= 0.6 is 0 Å². The topological polar surface area (TPSA) is 52.0 Å². The minimum Gasteiger partial charge on any atom is -0.399 e. The molecule has 0 saturated carbocycles. The van der Waals surface area contributed by atoms with Gasteiger partial charge in [0.05, 0.1) is 0 Å². The van der Waals surface area contributed by atoms with Gasteiger partial charge in [-0.15, -0.1) is 0 Å². The van der Waals surface area contributed by atoms with E-state index in [9.17, 15) is 0 Å². The van der Waals surface area contributed by atoms with E-state index in [-0.39, 0.29) is 0 Å². The molecule has 0 fully saturated rings. The highest BCUT2D eigenvalue weighted by molar-refractivity contribution is 5.47. The molecule has 0 unspecified atom stereocenters. The average Bonchev–Trinajstić information content (AvgIpc) is 2.97. The number of benzene rings is 4. The highest BCUT2D eigenvalue weighted by Crippen LogP contribution is 2.22. The van der Waals surface area contributed by atoms with Crippen LogP contribution in [0.5, 0.6) is 0 Å². The Labute approximate surface area is 249 Å². The summed E-state index contributed by atoms with van der Waals surface area (Å²) < 4.78 is 0. The van der Waals surface area contributed by atoms with E-state index in [0.29, 0.717) is 0 Å². The first-order valence-electron chi connectivity index (χ1n) is 15.9. The van der Waals surface area contributed by atoms with Crippen LogP contribution in [0.3, 0.4) is 0 Å². The van der Waals surface area contributed by atoms with Crippen molar-refractivity contribution in [3.8, 4) is 0 Å². The molecule has 0 aliphatic heterocycles. The summed E-state index contributed by atoms with van der Waals surface area (Å²) in [6.07, 6.45) is 15.3. The average molecular weight is 547 g/mol. The van der Waals surface area contributed by atoms with Gasteiger partial charge in [-0.25, -0.2) is 0 Å². The van der Waals surface area contributed by atoms with E-state index < -0.39 is 0 Å². The molecule has 4 aromatic rings. The second-order valence-electron chi connectivity index (χ2n) is 11.8. The summed E-state index contributed by atoms with van der Waals surface area (Å²) in [4.78, 5) is 0. The molecule has 216 valence electrons. The van der Waals surface area contributed by atoms with Crippen LogP contribution in [0.1, 0.15) is 103 Å². The van der Waals surface area contributed by atoms with E-state index in [1.807, 2.05) is 12.1 Å². The molecule has 4 N–H and O–H groups in total. The van der Waals surface area contributed by atoms with Gasteiger partial charge in [0, 0.05) is 11.4 Å². The lowest BCUT2D eigenvalue weighted by Gasteiger charge is -2.11. The van der Waals surface area contributed by atoms with Crippen LogP contribution in [0, 0.1) is 0 Å². The van der Waals surface area contributed by atoms with Crippen molar-refractivity contribution in [2.75, 3.05) is 11.5 Å². The molecular weight excluding hydrogens is 496 g/mol. The zero-order valence-electron chi connectivity index (χ0n) is 25.4. The Morgan fingerprint density at radius 2 is 0.756 bits per heavy atom. The van der Waals surface area contributed by atoms with Crippen molar-refractivity contribution in [3.63, 3.8) is 0 Å². The Bertz CT molecular complexity index is 1230. The van der Waals surface area contributed by atoms with Gasteiger partial charge in [0.1, 0.15) is 0 Å². The molecular formula is C39H50N2. The summed E-state index contributed by atoms with van der Waals surface area (Å²) in [5.41, 5.74) is 25.1. The smallest absolute Gasteiger partial charge is 0.0316 e. The highest BCUT2D eigenvalue weighted by atomic mass is 14.5. The fourth-order valence-corrected chi connectivity index (χ4v) is 5.92. The molecule has 41 heavy (non-hydrogen) atoms. The minimum absolute atomic E-state index is 0.869. The summed E-state index contributed by atoms with van der Waals surface area (Å²) in [6.45, 7) is 4.46. The maximum atomic E-state index is 6.02. The number of nitrogens with two attached hydrogens (primary N) is 2. The fraction of sp³-hybridized carbons (Fsp3) is 0.385. The van der Waals surface area contributed by atoms with Gasteiger partial charge in [0.15, 0.2) is 0 Å². The Hall–Kier alpha value is -3.52. The van der Waals surface area contributed by atoms with E-state index in [4.69, 9.17) is 11.5 Å². The van der Waals surface area contributed by atoms with Crippen LogP contribution in [-0.2, 0) is 38.5 Å². The quantitative estimate of drug-likeness (QED) is 0.109. The second kappa shape index (κ2) is 16.1. The molecule has 2 heteroatoms. The fourth-order valence-electron chi connectivity index (χ4n) is 5.92. The molecule has 0 spiro atoms. The van der Waals surface area contributed by atoms with Crippen molar-refractivity contribution in [2.24, 2.45) is 0 Å². The first kappa shape index (κ1) is 30.4. The zero-order chi connectivity index (χ0) is 28.9. The zero-order valence-corrected chi connectivity index (χ0v) is 25.4. The van der Waals surface area contributed by atoms with Gasteiger partial charge in [-0.2, -0.15) is 0 Å². The maximum absolute atomic E-state index is 6.02. The van der Waals surface area contributed by atoms with Crippen molar-refractivity contribution in [1.29, 1.82) is 0 Å². The Morgan fingerprint density at radius 1 is 0.390 bits per heavy atom. The molecule has 4 rings (SSSR count). The third-order valence-corrected chi connectivity index (χ3v) is 8.27. The van der Waals surface area contributed by atoms with Crippen molar-refractivity contribution in [2.45, 2.75) is 97.3 Å². The van der Waals surface area contributed by atoms with Gasteiger partial charge < -0.3 is 11.5 Å². The number of aryl methyl sites for hydroxylation is 4. The lowest BCUT2D eigenvalue weighted by Crippen LogP contribution is -1.98. The molecule has 0 aromatic heterocycles. The number of rotatable bonds is 16. The molecule has 0 heterocycles. The number of hydrogen-bond donors (Lipinski definition) is 2. The van der Waals surface area contributed by atoms with Crippen molar-refractivity contribution < 1.29 is 0 Å². The minimum atomic E-state index is 0.869. The molecule has 0 saturated heterocycles. The highest BCUT2D eigenvalue weighted by Gasteiger charge is 2.06. The molecule has 4 aromatic carbocycles. The molecule has 0 aliphatic carbocycles. The largest absolute Gasteiger partial charge is 0.399 e. The number of hydrogen-bond acceptors (Lipinski definition) is 2. The Kier molecular flexibility index (Phi) is 11.9. The third-order valence-electron chi connectivity index (χ3n) is 8.27. The third kappa shape index (κ3) is 9.81. The predicted molar refractivity (Wildman–Crippen MR) is 179 cm³/mol. The molecule has 0 atom stereocenters. The SMILES string of the molecule is CCCc1cc(N)ccc1Cc1ccc(CCCCCCCc2ccc(Cc3ccc(N)cc3CCC)cc2)cc1. The van der Waals surface area contributed by atoms with Crippen LogP contribution in [0.15, 0.2) is 84.9 Å². The van der Waals surface area contributed by atoms with E-state index in [1.54, 1.807) is 0 Å². The molecule has 0 aliphatic rings. The van der Waals surface area contributed by atoms with Crippen LogP contribution in [0.2, 0.25) is 0 Å². The summed E-state index contributed by atoms with van der Waals surface area (Å²) in [5.74, 6) is 0. The Balaban J connectivity index is 1.12. The molecule has 0 amide bonds. The maximum Gasteiger partial charge on any atom is 0.0316 e. The predicted octanol–water partition coefficient (Wildman–Crippen LogP) is 9.67. The first-order valence-corrected chi connectivity index (χ1v) is 15.9. The van der Waals surface area contributed by atoms with Crippen LogP contribution < -0.4 is 11.5 Å². The van der Waals surface area contributed by atoms with E-state index in [0.717, 1.165) is 49.9 Å². The molecule has 0 bridgehead atoms. The summed E-state index contributed by atoms with van der Waals surface area (Å²) in [7, 11) is 0. The number of anilines is 2. The Morgan fingerprint density at radius 3 is 1.15 bits per heavy atom. The lowest BCUT2D eigenvalue weighted by molar-refractivity contribution is 0.613.